The van der Waals surface area contributed by atoms with Crippen LogP contribution in [0.1, 0.15) is 34.8 Å². The number of benzene rings is 1. The van der Waals surface area contributed by atoms with Gasteiger partial charge in [-0.25, -0.2) is 9.97 Å². The van der Waals surface area contributed by atoms with Crippen LogP contribution in [0.2, 0.25) is 10.0 Å². The molecule has 0 spiro atoms. The summed E-state index contributed by atoms with van der Waals surface area (Å²) < 4.78 is 31.4. The fourth-order valence-electron chi connectivity index (χ4n) is 3.72. The lowest BCUT2D eigenvalue weighted by atomic mass is 9.96. The summed E-state index contributed by atoms with van der Waals surface area (Å²) in [7, 11) is 1.48. The average Bonchev–Trinajstić information content (AvgIpc) is 3.12. The van der Waals surface area contributed by atoms with Crippen molar-refractivity contribution in [3.8, 4) is 5.75 Å². The lowest BCUT2D eigenvalue weighted by Gasteiger charge is -2.33. The zero-order valence-electron chi connectivity index (χ0n) is 15.9. The first-order valence-corrected chi connectivity index (χ1v) is 10.6. The molecule has 0 radical (unpaired) electrons. The second-order valence-electron chi connectivity index (χ2n) is 6.69. The Balaban J connectivity index is 1.78. The Morgan fingerprint density at radius 1 is 1.37 bits per heavy atom. The Hall–Kier alpha value is -2.10. The first-order chi connectivity index (χ1) is 14.3. The third-order valence-electron chi connectivity index (χ3n) is 5.07. The second-order valence-corrected chi connectivity index (χ2v) is 8.50. The van der Waals surface area contributed by atoms with Gasteiger partial charge in [-0.3, -0.25) is 4.79 Å². The number of alkyl halides is 2. The lowest BCUT2D eigenvalue weighted by molar-refractivity contribution is 0.0665. The number of H-pyrrole nitrogens is 1. The van der Waals surface area contributed by atoms with Crippen molar-refractivity contribution in [1.82, 2.24) is 19.9 Å². The molecule has 0 saturated heterocycles. The molecule has 1 aromatic carbocycles. The molecule has 1 atom stereocenters. The number of aromatic amines is 1. The van der Waals surface area contributed by atoms with Crippen LogP contribution in [-0.4, -0.2) is 45.2 Å². The average molecular weight is 473 g/mol. The molecule has 1 amide bonds. The van der Waals surface area contributed by atoms with Crippen molar-refractivity contribution in [2.45, 2.75) is 30.0 Å². The smallest absolute Gasteiger partial charge is 0.292 e. The number of nitrogens with one attached hydrogen (secondary N) is 1. The van der Waals surface area contributed by atoms with Gasteiger partial charge in [0, 0.05) is 34.5 Å². The largest absolute Gasteiger partial charge is 0.494 e. The highest BCUT2D eigenvalue weighted by Crippen LogP contribution is 2.46. The molecule has 6 nitrogen and oxygen atoms in total. The third-order valence-corrected chi connectivity index (χ3v) is 6.62. The van der Waals surface area contributed by atoms with E-state index in [1.165, 1.54) is 25.6 Å². The van der Waals surface area contributed by atoms with E-state index in [1.54, 1.807) is 4.90 Å². The lowest BCUT2D eigenvalue weighted by Crippen LogP contribution is -2.39. The number of nitrogens with zero attached hydrogens (tertiary/aromatic N) is 3. The number of thioether (sulfide) groups is 1. The number of fused-ring (bicyclic) bond motifs is 3. The van der Waals surface area contributed by atoms with Crippen LogP contribution >= 0.6 is 35.0 Å². The topological polar surface area (TPSA) is 71.1 Å². The van der Waals surface area contributed by atoms with Gasteiger partial charge in [0.05, 0.1) is 41.1 Å². The number of rotatable bonds is 4. The van der Waals surface area contributed by atoms with Crippen LogP contribution in [0, 0.1) is 0 Å². The highest BCUT2D eigenvalue weighted by Gasteiger charge is 2.34. The molecule has 1 aliphatic heterocycles. The highest BCUT2D eigenvalue weighted by atomic mass is 35.5. The maximum atomic E-state index is 13.2. The van der Waals surface area contributed by atoms with Gasteiger partial charge < -0.3 is 14.6 Å². The van der Waals surface area contributed by atoms with Crippen molar-refractivity contribution < 1.29 is 18.3 Å². The summed E-state index contributed by atoms with van der Waals surface area (Å²) in [5.41, 5.74) is 2.09. The summed E-state index contributed by atoms with van der Waals surface area (Å²) in [5.74, 6) is -2.50. The predicted octanol–water partition coefficient (Wildman–Crippen LogP) is 5.35. The van der Waals surface area contributed by atoms with Gasteiger partial charge in [0.25, 0.3) is 11.7 Å². The Morgan fingerprint density at radius 2 is 2.07 bits per heavy atom. The molecule has 1 aliphatic rings. The molecule has 4 rings (SSSR count). The van der Waals surface area contributed by atoms with Gasteiger partial charge in [-0.05, 0) is 13.0 Å². The number of hydrogen-bond acceptors (Lipinski definition) is 5. The Labute approximate surface area is 184 Å². The van der Waals surface area contributed by atoms with Crippen molar-refractivity contribution >= 4 is 51.8 Å². The summed E-state index contributed by atoms with van der Waals surface area (Å²) in [5, 5.41) is 1.02. The zero-order valence-corrected chi connectivity index (χ0v) is 18.2. The Bertz CT molecular complexity index is 1120. The third kappa shape index (κ3) is 3.59. The molecular formula is C19H16Cl2F2N4O2S. The van der Waals surface area contributed by atoms with Gasteiger partial charge in [-0.2, -0.15) is 8.78 Å². The molecule has 1 N–H and O–H groups in total. The molecule has 158 valence electrons. The first-order valence-electron chi connectivity index (χ1n) is 8.96. The van der Waals surface area contributed by atoms with E-state index in [9.17, 15) is 13.6 Å². The molecule has 1 unspecified atom stereocenters. The van der Waals surface area contributed by atoms with Crippen molar-refractivity contribution in [2.24, 2.45) is 0 Å². The molecule has 3 aromatic rings. The van der Waals surface area contributed by atoms with E-state index in [2.05, 4.69) is 15.0 Å². The fourth-order valence-corrected chi connectivity index (χ4v) is 4.90. The molecule has 0 saturated carbocycles. The van der Waals surface area contributed by atoms with E-state index in [0.29, 0.717) is 46.3 Å². The van der Waals surface area contributed by atoms with Crippen molar-refractivity contribution in [2.75, 3.05) is 13.7 Å². The van der Waals surface area contributed by atoms with E-state index in [0.717, 1.165) is 11.3 Å². The Morgan fingerprint density at radius 3 is 2.70 bits per heavy atom. The minimum atomic E-state index is -2.62. The van der Waals surface area contributed by atoms with Gasteiger partial charge in [0.1, 0.15) is 0 Å². The minimum Gasteiger partial charge on any atom is -0.494 e. The van der Waals surface area contributed by atoms with E-state index >= 15 is 0 Å². The van der Waals surface area contributed by atoms with Crippen LogP contribution in [-0.2, 0) is 6.42 Å². The van der Waals surface area contributed by atoms with Gasteiger partial charge in [-0.1, -0.05) is 35.0 Å². The van der Waals surface area contributed by atoms with E-state index in [1.807, 2.05) is 6.92 Å². The van der Waals surface area contributed by atoms with Gasteiger partial charge in [0.2, 0.25) is 5.82 Å². The van der Waals surface area contributed by atoms with Crippen LogP contribution in [0.25, 0.3) is 10.9 Å². The fraction of sp³-hybridized carbons (Fsp3) is 0.316. The number of halogens is 4. The molecule has 2 aromatic heterocycles. The second kappa shape index (κ2) is 8.20. The first kappa shape index (κ1) is 21.1. The van der Waals surface area contributed by atoms with Crippen molar-refractivity contribution in [3.63, 3.8) is 0 Å². The molecular weight excluding hydrogens is 457 g/mol. The van der Waals surface area contributed by atoms with Crippen molar-refractivity contribution in [3.05, 3.63) is 45.6 Å². The number of ether oxygens (including phenoxy) is 1. The van der Waals surface area contributed by atoms with Crippen LogP contribution < -0.4 is 4.74 Å². The van der Waals surface area contributed by atoms with Crippen molar-refractivity contribution in [1.29, 1.82) is 0 Å². The summed E-state index contributed by atoms with van der Waals surface area (Å²) >= 11 is 12.9. The van der Waals surface area contributed by atoms with E-state index in [-0.39, 0.29) is 21.8 Å². The highest BCUT2D eigenvalue weighted by molar-refractivity contribution is 7.99. The molecule has 0 bridgehead atoms. The summed E-state index contributed by atoms with van der Waals surface area (Å²) in [6.07, 6.45) is 3.35. The van der Waals surface area contributed by atoms with Gasteiger partial charge in [0.15, 0.2) is 5.75 Å². The standard InChI is InChI=1S/C19H16Cl2F2N4O2S/c1-8-13-11(3-4-27(8)18(28)17-24-6-9(29-2)7-25-17)26-16-14(13)12(30-19(22)23)5-10(20)15(16)21/h5-8,19,26H,3-4H2,1-2H3. The Kier molecular flexibility index (Phi) is 5.78. The SMILES string of the molecule is COc1cnc(C(=O)N2CCc3[nH]c4c(Cl)c(Cl)cc(SC(F)F)c4c3C2C)nc1. The van der Waals surface area contributed by atoms with Crippen LogP contribution in [0.5, 0.6) is 5.75 Å². The summed E-state index contributed by atoms with van der Waals surface area (Å²) in [4.78, 5) is 26.3. The van der Waals surface area contributed by atoms with E-state index < -0.39 is 11.8 Å². The quantitative estimate of drug-likeness (QED) is 0.518. The molecule has 0 aliphatic carbocycles. The summed E-state index contributed by atoms with van der Waals surface area (Å²) in [6.45, 7) is 2.25. The molecule has 11 heteroatoms. The number of carbonyl (C=O) groups excluding carboxylic acids is 1. The monoisotopic (exact) mass is 472 g/mol. The van der Waals surface area contributed by atoms with Crippen LogP contribution in [0.4, 0.5) is 8.78 Å². The van der Waals surface area contributed by atoms with Gasteiger partial charge >= 0.3 is 0 Å². The number of aromatic nitrogens is 3. The minimum absolute atomic E-state index is 0.0363. The molecule has 0 fully saturated rings. The number of hydrogen-bond donors (Lipinski definition) is 1. The van der Waals surface area contributed by atoms with E-state index in [4.69, 9.17) is 27.9 Å². The summed E-state index contributed by atoms with van der Waals surface area (Å²) in [6, 6.07) is 1.03. The number of amides is 1. The molecule has 30 heavy (non-hydrogen) atoms. The number of carbonyl (C=O) groups is 1. The van der Waals surface area contributed by atoms with Gasteiger partial charge in [-0.15, -0.1) is 0 Å². The normalized spacial score (nSPS) is 16.2. The maximum absolute atomic E-state index is 13.2. The predicted molar refractivity (Wildman–Crippen MR) is 112 cm³/mol. The molecule has 3 heterocycles. The number of methoxy groups -OCH3 is 1. The maximum Gasteiger partial charge on any atom is 0.292 e. The van der Waals surface area contributed by atoms with Crippen LogP contribution in [0.3, 0.4) is 0 Å². The van der Waals surface area contributed by atoms with Crippen LogP contribution in [0.15, 0.2) is 23.4 Å². The zero-order chi connectivity index (χ0) is 21.6.